The summed E-state index contributed by atoms with van der Waals surface area (Å²) in [5.41, 5.74) is 6.83. The minimum Gasteiger partial charge on any atom is -0.469 e. The molecule has 14 atom stereocenters. The molecule has 34 heteroatoms. The van der Waals surface area contributed by atoms with E-state index in [0.717, 1.165) is 71.4 Å². The summed E-state index contributed by atoms with van der Waals surface area (Å²) in [4.78, 5) is 133. The molecule has 0 spiro atoms. The number of amides is 4. The first-order chi connectivity index (χ1) is 59.9. The molecule has 9 aromatic rings. The van der Waals surface area contributed by atoms with Crippen LogP contribution < -0.4 is 21.3 Å². The molecule has 0 aliphatic rings. The van der Waals surface area contributed by atoms with Crippen LogP contribution in [-0.4, -0.2) is 257 Å². The molecule has 684 valence electrons. The number of rotatable bonds is 43. The van der Waals surface area contributed by atoms with Crippen LogP contribution in [0, 0.1) is 22.7 Å². The van der Waals surface area contributed by atoms with Crippen molar-refractivity contribution < 1.29 is 112 Å². The van der Waals surface area contributed by atoms with Gasteiger partial charge in [-0.1, -0.05) is 174 Å². The Morgan fingerprint density at radius 2 is 0.690 bits per heavy atom. The highest BCUT2D eigenvalue weighted by Crippen LogP contribution is 2.30. The van der Waals surface area contributed by atoms with Crippen LogP contribution >= 0.6 is 0 Å². The zero-order chi connectivity index (χ0) is 92.7. The number of Topliss-reactive ketones (excluding diaryl/α,β-unsaturated/α-hetero) is 1. The Morgan fingerprint density at radius 1 is 0.373 bits per heavy atom. The van der Waals surface area contributed by atoms with Crippen molar-refractivity contribution in [3.8, 4) is 0 Å². The SMILES string of the molecule is COC(=O)C(Cc1c[nH]c2ccccc12)NC(=O)[C@H](Cc1ccccc1)NC(=O)CO/N=C(\[C@@H](O)[C@@H](C)O)[C@@H](OC)C(C)(C)C.COC(=O)[C@@H](CC(=O)CO/N=C(\[C@@H](O)[C@@H](C)O)[C@@H](OC)C(C)(C)C)Cc1c[nH]c2ccccc12.COC(=O)[C@H](Cc1c[nH]c2ccccc12)NC(=O)[C@H](Cc1c[nH]c2ccccc12)NC(=O)CO/N=C(/[C@@H](OC)C(C)C)[C@@H](O)[C@@H](C)O. The summed E-state index contributed by atoms with van der Waals surface area (Å²) in [7, 11) is 8.13. The number of aliphatic hydroxyl groups excluding tert-OH is 6. The van der Waals surface area contributed by atoms with E-state index in [1.165, 1.54) is 63.4 Å². The first-order valence-electron chi connectivity index (χ1n) is 41.3. The van der Waals surface area contributed by atoms with Gasteiger partial charge in [-0.15, -0.1) is 0 Å². The monoisotopic (exact) mass is 1750 g/mol. The number of hydrogen-bond acceptors (Lipinski definition) is 26. The number of nitrogens with one attached hydrogen (secondary N) is 8. The minimum absolute atomic E-state index is 0.0181. The van der Waals surface area contributed by atoms with Gasteiger partial charge in [0.05, 0.1) is 45.6 Å². The fraction of sp³-hybridized carbons (Fsp3) is 0.467. The van der Waals surface area contributed by atoms with E-state index in [-0.39, 0.29) is 60.9 Å². The van der Waals surface area contributed by atoms with Crippen molar-refractivity contribution in [2.75, 3.05) is 62.5 Å². The number of ketones is 1. The van der Waals surface area contributed by atoms with Crippen LogP contribution in [0.15, 0.2) is 168 Å². The maximum absolute atomic E-state index is 13.8. The lowest BCUT2D eigenvalue weighted by molar-refractivity contribution is -0.147. The van der Waals surface area contributed by atoms with Gasteiger partial charge in [0.25, 0.3) is 11.8 Å². The van der Waals surface area contributed by atoms with Crippen LogP contribution in [0.3, 0.4) is 0 Å². The number of ether oxygens (including phenoxy) is 6. The number of carbonyl (C=O) groups excluding carboxylic acids is 8. The third-order valence-electron chi connectivity index (χ3n) is 20.8. The van der Waals surface area contributed by atoms with Crippen molar-refractivity contribution in [3.63, 3.8) is 0 Å². The summed E-state index contributed by atoms with van der Waals surface area (Å²) in [5, 5.41) is 87.7. The Labute approximate surface area is 732 Å². The predicted octanol–water partition coefficient (Wildman–Crippen LogP) is 7.27. The fourth-order valence-electron chi connectivity index (χ4n) is 14.4. The van der Waals surface area contributed by atoms with Crippen LogP contribution in [0.5, 0.6) is 0 Å². The third kappa shape index (κ3) is 29.2. The average molecular weight is 1750 g/mol. The number of hydrogen-bond donors (Lipinski definition) is 14. The van der Waals surface area contributed by atoms with E-state index in [0.29, 0.717) is 6.42 Å². The summed E-state index contributed by atoms with van der Waals surface area (Å²) in [6.45, 7) is 17.6. The van der Waals surface area contributed by atoms with Crippen LogP contribution in [0.2, 0.25) is 0 Å². The number of para-hydroxylation sites is 4. The summed E-state index contributed by atoms with van der Waals surface area (Å²) in [6.07, 6.45) is -1.72. The number of fused-ring (bicyclic) bond motifs is 4. The molecule has 0 radical (unpaired) electrons. The number of aliphatic hydroxyl groups is 6. The van der Waals surface area contributed by atoms with Gasteiger partial charge in [-0.25, -0.2) is 9.59 Å². The molecule has 126 heavy (non-hydrogen) atoms. The van der Waals surface area contributed by atoms with Gasteiger partial charge in [-0.2, -0.15) is 0 Å². The Kier molecular flexibility index (Phi) is 39.2. The molecule has 5 aromatic carbocycles. The fourth-order valence-corrected chi connectivity index (χ4v) is 14.4. The Morgan fingerprint density at radius 3 is 1.02 bits per heavy atom. The van der Waals surface area contributed by atoms with E-state index in [1.54, 1.807) is 18.6 Å². The molecular weight excluding hydrogens is 1630 g/mol. The lowest BCUT2D eigenvalue weighted by atomic mass is 9.83. The Bertz CT molecular complexity index is 5110. The second-order valence-corrected chi connectivity index (χ2v) is 33.1. The lowest BCUT2D eigenvalue weighted by Crippen LogP contribution is -2.53. The van der Waals surface area contributed by atoms with Crippen LogP contribution in [0.1, 0.15) is 110 Å². The molecule has 4 amide bonds. The largest absolute Gasteiger partial charge is 0.469 e. The second-order valence-electron chi connectivity index (χ2n) is 33.1. The van der Waals surface area contributed by atoms with Crippen LogP contribution in [-0.2, 0) is 113 Å². The van der Waals surface area contributed by atoms with Crippen LogP contribution in [0.4, 0.5) is 0 Å². The molecule has 0 aliphatic carbocycles. The minimum atomic E-state index is -1.40. The summed E-state index contributed by atoms with van der Waals surface area (Å²) in [5.74, 6) is -5.47. The molecule has 0 fully saturated rings. The number of aromatic amines is 4. The zero-order valence-electron chi connectivity index (χ0n) is 74.4. The smallest absolute Gasteiger partial charge is 0.328 e. The van der Waals surface area contributed by atoms with Gasteiger partial charge in [0.1, 0.15) is 77.9 Å². The van der Waals surface area contributed by atoms with E-state index >= 15 is 0 Å². The maximum Gasteiger partial charge on any atom is 0.328 e. The van der Waals surface area contributed by atoms with Gasteiger partial charge >= 0.3 is 17.9 Å². The molecule has 34 nitrogen and oxygen atoms in total. The Hall–Kier alpha value is -11.7. The number of methoxy groups -OCH3 is 6. The normalized spacial score (nSPS) is 15.5. The number of benzene rings is 5. The van der Waals surface area contributed by atoms with E-state index in [9.17, 15) is 69.0 Å². The number of aromatic nitrogens is 4. The standard InChI is InChI=1S/C34H43N5O8.C33H44N4O8.C25H36N2O7/c1-19(2)32(45-4)30(31(42)20(3)40)39-47-18-29(41)37-27(14-21-16-35-25-12-8-6-10-23(21)25)33(43)38-28(34(44)46-5)15-22-17-36-26-13-9-7-11-24(22)26;1-20(38)29(40)28(30(43-5)33(2,3)4)37-45-19-27(39)35-25(16-21-12-8-7-9-13-21)31(41)36-26(32(42)44-6)17-22-18-34-24-15-11-10-14-23(22)24;1-15(28)22(30)21(23(32-5)25(2,3)4)27-34-14-18(29)12-16(24(31)33-6)11-17-13-26-20-10-8-7-9-19(17)20/h6-13,16-17,19-20,27-28,31-32,35-36,40,42H,14-15,18H2,1-5H3,(H,37,41)(H,38,43);7-15,18,20,25-26,29-30,34,38,40H,16-17,19H2,1-6H3,(H,35,39)(H,36,41);7-10,13,15-16,22-23,26,28,30H,11-12,14H2,1-6H3/b39-30+;37-28+;27-21+/t20-,27+,28+,31+,32+;20-,25+,26?,29+,30-;15-,16-,22+,23-/m111/s1. The summed E-state index contributed by atoms with van der Waals surface area (Å²) >= 11 is 0. The average Bonchev–Trinajstić information content (AvgIpc) is 1.63. The van der Waals surface area contributed by atoms with Gasteiger partial charge < -0.3 is 115 Å². The second kappa shape index (κ2) is 48.7. The third-order valence-corrected chi connectivity index (χ3v) is 20.8. The highest BCUT2D eigenvalue weighted by atomic mass is 16.6. The van der Waals surface area contributed by atoms with E-state index in [2.05, 4.69) is 56.7 Å². The molecule has 0 aliphatic heterocycles. The number of nitrogens with zero attached hydrogens (tertiary/aromatic N) is 3. The number of carbonyl (C=O) groups is 8. The topological polar surface area (TPSA) is 489 Å². The molecule has 4 aromatic heterocycles. The van der Waals surface area contributed by atoms with Gasteiger partial charge in [-0.05, 0) is 96.0 Å². The van der Waals surface area contributed by atoms with E-state index in [4.69, 9.17) is 42.9 Å². The zero-order valence-corrected chi connectivity index (χ0v) is 74.4. The molecule has 0 saturated carbocycles. The number of esters is 3. The van der Waals surface area contributed by atoms with E-state index in [1.807, 2.05) is 189 Å². The molecule has 0 saturated heterocycles. The highest BCUT2D eigenvalue weighted by Gasteiger charge is 2.39. The van der Waals surface area contributed by atoms with Crippen molar-refractivity contribution in [3.05, 3.63) is 180 Å². The van der Waals surface area contributed by atoms with Gasteiger partial charge in [0.15, 0.2) is 25.6 Å². The van der Waals surface area contributed by atoms with Crippen LogP contribution in [0.25, 0.3) is 43.6 Å². The first kappa shape index (κ1) is 101. The molecule has 1 unspecified atom stereocenters. The first-order valence-corrected chi connectivity index (χ1v) is 41.3. The molecule has 14 N–H and O–H groups in total. The van der Waals surface area contributed by atoms with Gasteiger partial charge in [0, 0.05) is 122 Å². The molecule has 4 heterocycles. The van der Waals surface area contributed by atoms with Crippen molar-refractivity contribution in [2.24, 2.45) is 38.1 Å². The highest BCUT2D eigenvalue weighted by molar-refractivity contribution is 5.97. The summed E-state index contributed by atoms with van der Waals surface area (Å²) in [6, 6.07) is 35.3. The predicted molar refractivity (Wildman–Crippen MR) is 474 cm³/mol. The van der Waals surface area contributed by atoms with Crippen molar-refractivity contribution in [1.29, 1.82) is 0 Å². The molecule has 0 bridgehead atoms. The molecular formula is C92H123N11O23. The lowest BCUT2D eigenvalue weighted by Gasteiger charge is -2.32. The molecule has 9 rings (SSSR count). The number of H-pyrrole nitrogens is 4. The summed E-state index contributed by atoms with van der Waals surface area (Å²) < 4.78 is 31.3. The quantitative estimate of drug-likeness (QED) is 0.00773. The van der Waals surface area contributed by atoms with Crippen molar-refractivity contribution >= 4 is 108 Å². The van der Waals surface area contributed by atoms with Gasteiger partial charge in [0.2, 0.25) is 11.8 Å². The van der Waals surface area contributed by atoms with Crippen molar-refractivity contribution in [2.45, 2.75) is 194 Å². The number of oxime groups is 3. The van der Waals surface area contributed by atoms with Crippen molar-refractivity contribution in [1.82, 2.24) is 41.2 Å². The van der Waals surface area contributed by atoms with Gasteiger partial charge in [-0.3, -0.25) is 28.8 Å². The Balaban J connectivity index is 0.000000263. The maximum atomic E-state index is 13.8. The van der Waals surface area contributed by atoms with E-state index < -0.39 is 157 Å².